The molecule has 0 spiro atoms. The summed E-state index contributed by atoms with van der Waals surface area (Å²) < 4.78 is 108. The number of anilines is 1. The van der Waals surface area contributed by atoms with Crippen LogP contribution in [0.15, 0.2) is 65.6 Å². The standard InChI is InChI=1S/C32H33ClF4N2O4S2/c1-22(31-28(33)8-3-9-29(31)34)17-23-10-11-25-18-24(5-4-12-38-13-15-44(40,41)16-14-38)21-39(30(25)19-23)45(42,43)27-7-2-6-26(20-27)32(35,36)37/h2-3,6-11,17,19-20,24H,4-5,12-16,18,21H2,1H3/b22-17+/t24-/m1/s1. The average molecular weight is 685 g/mol. The van der Waals surface area contributed by atoms with Crippen LogP contribution in [0.3, 0.4) is 0 Å². The van der Waals surface area contributed by atoms with Gasteiger partial charge in [-0.1, -0.05) is 41.9 Å². The van der Waals surface area contributed by atoms with E-state index in [1.165, 1.54) is 16.4 Å². The molecule has 2 heterocycles. The van der Waals surface area contributed by atoms with E-state index in [0.29, 0.717) is 61.8 Å². The molecule has 1 fully saturated rings. The number of hydrogen-bond donors (Lipinski definition) is 0. The summed E-state index contributed by atoms with van der Waals surface area (Å²) in [5.74, 6) is -0.387. The largest absolute Gasteiger partial charge is 0.416 e. The van der Waals surface area contributed by atoms with Crippen LogP contribution in [0.2, 0.25) is 5.02 Å². The van der Waals surface area contributed by atoms with E-state index in [9.17, 15) is 34.4 Å². The Bertz CT molecular complexity index is 1790. The summed E-state index contributed by atoms with van der Waals surface area (Å²) in [6.45, 7) is 3.33. The summed E-state index contributed by atoms with van der Waals surface area (Å²) in [7, 11) is -7.41. The number of fused-ring (bicyclic) bond motifs is 1. The van der Waals surface area contributed by atoms with E-state index in [1.807, 2.05) is 0 Å². The van der Waals surface area contributed by atoms with E-state index >= 15 is 0 Å². The number of sulfone groups is 1. The van der Waals surface area contributed by atoms with Crippen molar-refractivity contribution < 1.29 is 34.4 Å². The molecule has 0 saturated carbocycles. The Kier molecular flexibility index (Phi) is 9.70. The first-order valence-corrected chi connectivity index (χ1v) is 18.2. The molecule has 1 saturated heterocycles. The Morgan fingerprint density at radius 2 is 1.76 bits per heavy atom. The summed E-state index contributed by atoms with van der Waals surface area (Å²) in [5.41, 5.74) is 1.33. The third kappa shape index (κ3) is 7.73. The summed E-state index contributed by atoms with van der Waals surface area (Å²) in [4.78, 5) is 1.62. The fourth-order valence-electron chi connectivity index (χ4n) is 5.94. The molecule has 2 aliphatic rings. The predicted molar refractivity (Wildman–Crippen MR) is 169 cm³/mol. The average Bonchev–Trinajstić information content (AvgIpc) is 2.97. The Balaban J connectivity index is 1.46. The van der Waals surface area contributed by atoms with Crippen LogP contribution >= 0.6 is 11.6 Å². The predicted octanol–water partition coefficient (Wildman–Crippen LogP) is 6.94. The highest BCUT2D eigenvalue weighted by atomic mass is 35.5. The number of allylic oxidation sites excluding steroid dienone is 1. The van der Waals surface area contributed by atoms with E-state index in [1.54, 1.807) is 37.3 Å². The minimum absolute atomic E-state index is 0.0608. The summed E-state index contributed by atoms with van der Waals surface area (Å²) in [5, 5.41) is 0.226. The fourth-order valence-corrected chi connectivity index (χ4v) is 9.14. The molecule has 0 amide bonds. The molecule has 0 aromatic heterocycles. The van der Waals surface area contributed by atoms with Crippen molar-refractivity contribution in [2.24, 2.45) is 5.92 Å². The third-order valence-electron chi connectivity index (χ3n) is 8.32. The van der Waals surface area contributed by atoms with E-state index < -0.39 is 42.3 Å². The van der Waals surface area contributed by atoms with E-state index in [4.69, 9.17) is 11.6 Å². The first kappa shape index (κ1) is 33.4. The number of nitrogens with zero attached hydrogens (tertiary/aromatic N) is 2. The van der Waals surface area contributed by atoms with Gasteiger partial charge in [0.05, 0.1) is 32.7 Å². The maximum Gasteiger partial charge on any atom is 0.416 e. The van der Waals surface area contributed by atoms with Crippen LogP contribution < -0.4 is 4.31 Å². The molecular formula is C32H33ClF4N2O4S2. The number of alkyl halides is 3. The third-order valence-corrected chi connectivity index (χ3v) is 12.0. The second-order valence-electron chi connectivity index (χ2n) is 11.6. The van der Waals surface area contributed by atoms with Crippen LogP contribution in [0.5, 0.6) is 0 Å². The SMILES string of the molecule is C/C(=C\c1ccc2c(c1)N(S(=O)(=O)c1cccc(C(F)(F)F)c1)C[C@H](CCCN1CCS(=O)(=O)CC1)C2)c1c(F)cccc1Cl. The van der Waals surface area contributed by atoms with Crippen LogP contribution in [0.25, 0.3) is 11.6 Å². The maximum atomic E-state index is 14.6. The summed E-state index contributed by atoms with van der Waals surface area (Å²) in [6, 6.07) is 13.3. The Hall–Kier alpha value is -2.93. The maximum absolute atomic E-state index is 14.6. The van der Waals surface area contributed by atoms with Gasteiger partial charge in [-0.3, -0.25) is 4.31 Å². The first-order chi connectivity index (χ1) is 21.1. The van der Waals surface area contributed by atoms with E-state index in [2.05, 4.69) is 4.90 Å². The van der Waals surface area contributed by atoms with Crippen molar-refractivity contribution >= 4 is 48.8 Å². The Morgan fingerprint density at radius 3 is 2.44 bits per heavy atom. The molecule has 3 aromatic rings. The zero-order valence-electron chi connectivity index (χ0n) is 24.5. The lowest BCUT2D eigenvalue weighted by Crippen LogP contribution is -2.42. The molecule has 3 aromatic carbocycles. The molecule has 0 aliphatic carbocycles. The molecule has 1 atom stereocenters. The lowest BCUT2D eigenvalue weighted by molar-refractivity contribution is -0.137. The van der Waals surface area contributed by atoms with E-state index in [0.717, 1.165) is 23.8 Å². The molecule has 13 heteroatoms. The van der Waals surface area contributed by atoms with Gasteiger partial charge in [0.25, 0.3) is 10.0 Å². The molecule has 0 N–H and O–H groups in total. The van der Waals surface area contributed by atoms with Gasteiger partial charge in [-0.2, -0.15) is 13.2 Å². The van der Waals surface area contributed by atoms with Gasteiger partial charge in [-0.25, -0.2) is 21.2 Å². The highest BCUT2D eigenvalue weighted by Crippen LogP contribution is 2.39. The zero-order chi connectivity index (χ0) is 32.6. The van der Waals surface area contributed by atoms with Gasteiger partial charge < -0.3 is 4.90 Å². The fraction of sp³-hybridized carbons (Fsp3) is 0.375. The van der Waals surface area contributed by atoms with Gasteiger partial charge in [0.15, 0.2) is 9.84 Å². The van der Waals surface area contributed by atoms with Crippen LogP contribution in [-0.2, 0) is 32.5 Å². The molecule has 2 aliphatic heterocycles. The first-order valence-electron chi connectivity index (χ1n) is 14.5. The van der Waals surface area contributed by atoms with Gasteiger partial charge in [0.1, 0.15) is 5.82 Å². The van der Waals surface area contributed by atoms with Gasteiger partial charge in [0, 0.05) is 25.2 Å². The molecule has 0 radical (unpaired) electrons. The van der Waals surface area contributed by atoms with Crippen molar-refractivity contribution in [3.63, 3.8) is 0 Å². The number of benzene rings is 3. The smallest absolute Gasteiger partial charge is 0.301 e. The molecule has 0 bridgehead atoms. The second-order valence-corrected chi connectivity index (χ2v) is 16.2. The van der Waals surface area contributed by atoms with Gasteiger partial charge in [-0.15, -0.1) is 0 Å². The molecule has 0 unspecified atom stereocenters. The number of rotatable bonds is 8. The second kappa shape index (κ2) is 13.1. The summed E-state index contributed by atoms with van der Waals surface area (Å²) in [6.07, 6.45) is -1.12. The van der Waals surface area contributed by atoms with Crippen molar-refractivity contribution in [2.75, 3.05) is 42.0 Å². The monoisotopic (exact) mass is 684 g/mol. The molecule has 45 heavy (non-hydrogen) atoms. The Labute approximate surface area is 266 Å². The van der Waals surface area contributed by atoms with Crippen molar-refractivity contribution in [1.29, 1.82) is 0 Å². The molecular weight excluding hydrogens is 652 g/mol. The van der Waals surface area contributed by atoms with E-state index in [-0.39, 0.29) is 34.6 Å². The lowest BCUT2D eigenvalue weighted by atomic mass is 9.89. The lowest BCUT2D eigenvalue weighted by Gasteiger charge is -2.36. The van der Waals surface area contributed by atoms with Crippen LogP contribution in [-0.4, -0.2) is 59.4 Å². The Morgan fingerprint density at radius 1 is 1.04 bits per heavy atom. The summed E-state index contributed by atoms with van der Waals surface area (Å²) >= 11 is 6.24. The molecule has 5 rings (SSSR count). The van der Waals surface area contributed by atoms with Crippen molar-refractivity contribution in [3.05, 3.63) is 93.8 Å². The zero-order valence-corrected chi connectivity index (χ0v) is 26.9. The normalized spacial score (nSPS) is 19.4. The minimum Gasteiger partial charge on any atom is -0.301 e. The van der Waals surface area contributed by atoms with Crippen molar-refractivity contribution in [1.82, 2.24) is 4.90 Å². The number of halogens is 5. The van der Waals surface area contributed by atoms with Crippen molar-refractivity contribution in [2.45, 2.75) is 37.3 Å². The quantitative estimate of drug-likeness (QED) is 0.190. The highest BCUT2D eigenvalue weighted by Gasteiger charge is 2.36. The topological polar surface area (TPSA) is 74.8 Å². The van der Waals surface area contributed by atoms with Crippen LogP contribution in [0, 0.1) is 11.7 Å². The minimum atomic E-state index is -4.72. The molecule has 242 valence electrons. The van der Waals surface area contributed by atoms with Gasteiger partial charge in [-0.05, 0) is 91.7 Å². The molecule has 6 nitrogen and oxygen atoms in total. The van der Waals surface area contributed by atoms with Crippen LogP contribution in [0.4, 0.5) is 23.2 Å². The van der Waals surface area contributed by atoms with Gasteiger partial charge in [0.2, 0.25) is 0 Å². The van der Waals surface area contributed by atoms with Crippen LogP contribution in [0.1, 0.15) is 42.0 Å². The number of sulfonamides is 1. The highest BCUT2D eigenvalue weighted by molar-refractivity contribution is 7.92. The van der Waals surface area contributed by atoms with Crippen molar-refractivity contribution in [3.8, 4) is 0 Å². The van der Waals surface area contributed by atoms with Gasteiger partial charge >= 0.3 is 6.18 Å². The number of hydrogen-bond acceptors (Lipinski definition) is 5.